The molecule has 1 aliphatic heterocycles. The molecule has 0 radical (unpaired) electrons. The van der Waals surface area contributed by atoms with Gasteiger partial charge in [0.25, 0.3) is 0 Å². The second-order valence-corrected chi connectivity index (χ2v) is 10.1. The summed E-state index contributed by atoms with van der Waals surface area (Å²) in [5.74, 6) is -0.981. The summed E-state index contributed by atoms with van der Waals surface area (Å²) in [6.45, 7) is 2.29. The number of rotatable bonds is 7. The van der Waals surface area contributed by atoms with Crippen LogP contribution in [-0.4, -0.2) is 39.7 Å². The standard InChI is InChI=1S/C27H23Cl2N3O4S/c1-2-36-26(35)18-8-12-21(13-9-18)31-27-32(16-17-6-10-19(28)11-7-17)24(33)15-23(37-27)25(34)30-22-5-3-4-20(29)14-22/h3-14,23H,2,15-16H2,1H3,(H,30,34)/t23-/m0/s1. The average molecular weight is 556 g/mol. The third kappa shape index (κ3) is 7.13. The Hall–Kier alpha value is -3.33. The van der Waals surface area contributed by atoms with E-state index >= 15 is 0 Å². The topological polar surface area (TPSA) is 88.1 Å². The molecule has 0 aliphatic carbocycles. The van der Waals surface area contributed by atoms with Gasteiger partial charge >= 0.3 is 5.97 Å². The third-order valence-corrected chi connectivity index (χ3v) is 7.06. The fourth-order valence-corrected chi connectivity index (χ4v) is 4.97. The highest BCUT2D eigenvalue weighted by atomic mass is 35.5. The van der Waals surface area contributed by atoms with Crippen molar-refractivity contribution in [2.75, 3.05) is 11.9 Å². The van der Waals surface area contributed by atoms with Crippen molar-refractivity contribution in [1.29, 1.82) is 0 Å². The molecule has 0 saturated carbocycles. The van der Waals surface area contributed by atoms with Crippen molar-refractivity contribution in [1.82, 2.24) is 4.90 Å². The predicted octanol–water partition coefficient (Wildman–Crippen LogP) is 6.33. The number of benzene rings is 3. The first-order chi connectivity index (χ1) is 17.8. The maximum atomic E-state index is 13.2. The summed E-state index contributed by atoms with van der Waals surface area (Å²) in [6.07, 6.45) is 0.00543. The number of anilines is 1. The number of amides is 2. The monoisotopic (exact) mass is 555 g/mol. The van der Waals surface area contributed by atoms with Gasteiger partial charge in [0.2, 0.25) is 11.8 Å². The first-order valence-electron chi connectivity index (χ1n) is 11.5. The van der Waals surface area contributed by atoms with E-state index in [9.17, 15) is 14.4 Å². The van der Waals surface area contributed by atoms with Gasteiger partial charge in [0.05, 0.1) is 24.4 Å². The van der Waals surface area contributed by atoms with Crippen molar-refractivity contribution < 1.29 is 19.1 Å². The largest absolute Gasteiger partial charge is 0.462 e. The van der Waals surface area contributed by atoms with Crippen molar-refractivity contribution in [2.24, 2.45) is 4.99 Å². The fraction of sp³-hybridized carbons (Fsp3) is 0.185. The number of esters is 1. The van der Waals surface area contributed by atoms with Gasteiger partial charge in [-0.3, -0.25) is 14.5 Å². The van der Waals surface area contributed by atoms with Crippen LogP contribution in [0.15, 0.2) is 77.8 Å². The third-order valence-electron chi connectivity index (χ3n) is 5.38. The molecule has 3 aromatic rings. The minimum atomic E-state index is -0.689. The maximum absolute atomic E-state index is 13.2. The SMILES string of the molecule is CCOC(=O)c1ccc(N=C2S[C@H](C(=O)Nc3cccc(Cl)c3)CC(=O)N2Cc2ccc(Cl)cc2)cc1. The highest BCUT2D eigenvalue weighted by molar-refractivity contribution is 8.15. The highest BCUT2D eigenvalue weighted by Gasteiger charge is 2.36. The molecular weight excluding hydrogens is 533 g/mol. The minimum Gasteiger partial charge on any atom is -0.462 e. The zero-order valence-electron chi connectivity index (χ0n) is 19.8. The average Bonchev–Trinajstić information content (AvgIpc) is 2.87. The summed E-state index contributed by atoms with van der Waals surface area (Å²) in [4.78, 5) is 44.5. The normalized spacial score (nSPS) is 16.5. The van der Waals surface area contributed by atoms with Crippen molar-refractivity contribution in [2.45, 2.75) is 25.1 Å². The summed E-state index contributed by atoms with van der Waals surface area (Å²) >= 11 is 13.2. The van der Waals surface area contributed by atoms with Crippen molar-refractivity contribution >= 4 is 69.3 Å². The number of hydrogen-bond donors (Lipinski definition) is 1. The molecule has 0 spiro atoms. The number of nitrogens with one attached hydrogen (secondary N) is 1. The zero-order chi connectivity index (χ0) is 26.4. The number of amidine groups is 1. The Morgan fingerprint density at radius 2 is 1.78 bits per heavy atom. The number of thioether (sulfide) groups is 1. The van der Waals surface area contributed by atoms with Gasteiger partial charge in [-0.05, 0) is 67.1 Å². The molecule has 1 aliphatic rings. The first kappa shape index (κ1) is 26.7. The number of hydrogen-bond acceptors (Lipinski definition) is 6. The number of aliphatic imine (C=N–C) groups is 1. The summed E-state index contributed by atoms with van der Waals surface area (Å²) < 4.78 is 5.03. The minimum absolute atomic E-state index is 0.00543. The molecule has 7 nitrogen and oxygen atoms in total. The quantitative estimate of drug-likeness (QED) is 0.344. The summed E-state index contributed by atoms with van der Waals surface area (Å²) in [5.41, 5.74) is 2.34. The van der Waals surface area contributed by atoms with Gasteiger partial charge in [-0.2, -0.15) is 0 Å². The first-order valence-corrected chi connectivity index (χ1v) is 13.1. The molecular formula is C27H23Cl2N3O4S. The van der Waals surface area contributed by atoms with E-state index in [0.717, 1.165) is 5.56 Å². The Balaban J connectivity index is 1.60. The van der Waals surface area contributed by atoms with E-state index in [-0.39, 0.29) is 31.4 Å². The van der Waals surface area contributed by atoms with Crippen LogP contribution in [0.2, 0.25) is 10.0 Å². The smallest absolute Gasteiger partial charge is 0.338 e. The molecule has 1 fully saturated rings. The number of halogens is 2. The number of nitrogens with zero attached hydrogens (tertiary/aromatic N) is 2. The number of carbonyl (C=O) groups is 3. The van der Waals surface area contributed by atoms with Crippen molar-refractivity contribution in [3.8, 4) is 0 Å². The molecule has 3 aromatic carbocycles. The van der Waals surface area contributed by atoms with Gasteiger partial charge in [-0.1, -0.05) is 53.2 Å². The number of ether oxygens (including phenoxy) is 1. The lowest BCUT2D eigenvalue weighted by Crippen LogP contribution is -2.44. The van der Waals surface area contributed by atoms with Gasteiger partial charge in [-0.15, -0.1) is 0 Å². The molecule has 4 rings (SSSR count). The van der Waals surface area contributed by atoms with E-state index in [4.69, 9.17) is 27.9 Å². The van der Waals surface area contributed by atoms with E-state index in [0.29, 0.717) is 32.2 Å². The zero-order valence-corrected chi connectivity index (χ0v) is 22.1. The van der Waals surface area contributed by atoms with Crippen LogP contribution in [-0.2, 0) is 20.9 Å². The Kier molecular flexibility index (Phi) is 8.87. The Labute approximate surface area is 228 Å². The van der Waals surface area contributed by atoms with Crippen molar-refractivity contribution in [3.63, 3.8) is 0 Å². The van der Waals surface area contributed by atoms with Gasteiger partial charge in [0, 0.05) is 22.2 Å². The van der Waals surface area contributed by atoms with E-state index in [1.165, 1.54) is 11.8 Å². The molecule has 37 heavy (non-hydrogen) atoms. The van der Waals surface area contributed by atoms with Crippen molar-refractivity contribution in [3.05, 3.63) is 94.0 Å². The number of carbonyl (C=O) groups excluding carboxylic acids is 3. The maximum Gasteiger partial charge on any atom is 0.338 e. The molecule has 1 N–H and O–H groups in total. The molecule has 0 unspecified atom stereocenters. The van der Waals surface area contributed by atoms with Gasteiger partial charge in [0.1, 0.15) is 5.25 Å². The van der Waals surface area contributed by atoms with E-state index in [2.05, 4.69) is 10.3 Å². The van der Waals surface area contributed by atoms with Crippen LogP contribution in [0.25, 0.3) is 0 Å². The Bertz CT molecular complexity index is 1330. The lowest BCUT2D eigenvalue weighted by Gasteiger charge is -2.32. The Morgan fingerprint density at radius 1 is 1.05 bits per heavy atom. The molecule has 190 valence electrons. The van der Waals surface area contributed by atoms with Crippen LogP contribution in [0.4, 0.5) is 11.4 Å². The Morgan fingerprint density at radius 3 is 2.46 bits per heavy atom. The van der Waals surface area contributed by atoms with Gasteiger partial charge in [0.15, 0.2) is 5.17 Å². The second-order valence-electron chi connectivity index (χ2n) is 8.08. The van der Waals surface area contributed by atoms with Crippen LogP contribution < -0.4 is 5.32 Å². The fourth-order valence-electron chi connectivity index (χ4n) is 3.56. The van der Waals surface area contributed by atoms with Crippen LogP contribution in [0.1, 0.15) is 29.3 Å². The predicted molar refractivity (Wildman–Crippen MR) is 148 cm³/mol. The van der Waals surface area contributed by atoms with E-state index < -0.39 is 11.2 Å². The van der Waals surface area contributed by atoms with Gasteiger partial charge in [-0.25, -0.2) is 9.79 Å². The molecule has 0 bridgehead atoms. The molecule has 1 saturated heterocycles. The summed E-state index contributed by atoms with van der Waals surface area (Å²) in [5, 5.41) is 3.60. The van der Waals surface area contributed by atoms with E-state index in [1.807, 2.05) is 12.1 Å². The van der Waals surface area contributed by atoms with E-state index in [1.54, 1.807) is 72.5 Å². The summed E-state index contributed by atoms with van der Waals surface area (Å²) in [7, 11) is 0. The van der Waals surface area contributed by atoms with Gasteiger partial charge < -0.3 is 10.1 Å². The molecule has 2 amide bonds. The van der Waals surface area contributed by atoms with Crippen LogP contribution in [0.5, 0.6) is 0 Å². The van der Waals surface area contributed by atoms with Crippen LogP contribution in [0.3, 0.4) is 0 Å². The molecule has 0 aromatic heterocycles. The second kappa shape index (κ2) is 12.3. The molecule has 10 heteroatoms. The lowest BCUT2D eigenvalue weighted by molar-refractivity contribution is -0.129. The summed E-state index contributed by atoms with van der Waals surface area (Å²) in [6, 6.07) is 20.6. The molecule has 1 heterocycles. The lowest BCUT2D eigenvalue weighted by atomic mass is 10.2. The van der Waals surface area contributed by atoms with Crippen LogP contribution >= 0.6 is 35.0 Å². The van der Waals surface area contributed by atoms with Crippen LogP contribution in [0, 0.1) is 0 Å². The highest BCUT2D eigenvalue weighted by Crippen LogP contribution is 2.31. The molecule has 1 atom stereocenters.